The summed E-state index contributed by atoms with van der Waals surface area (Å²) in [5.74, 6) is -0.203. The van der Waals surface area contributed by atoms with Gasteiger partial charge in [-0.05, 0) is 44.4 Å². The maximum atomic E-state index is 11.5. The first-order valence-electron chi connectivity index (χ1n) is 9.13. The first-order chi connectivity index (χ1) is 13.9. The van der Waals surface area contributed by atoms with Gasteiger partial charge in [0.05, 0.1) is 22.0 Å². The molecule has 3 aromatic heterocycles. The maximum Gasteiger partial charge on any atom is 0.335 e. The van der Waals surface area contributed by atoms with Gasteiger partial charge in [0.25, 0.3) is 0 Å². The Morgan fingerprint density at radius 3 is 2.79 bits per heavy atom. The van der Waals surface area contributed by atoms with Gasteiger partial charge in [0.2, 0.25) is 0 Å². The molecule has 0 aliphatic heterocycles. The second-order valence-electron chi connectivity index (χ2n) is 7.06. The molecule has 0 atom stereocenters. The lowest BCUT2D eigenvalue weighted by Crippen LogP contribution is -2.15. The van der Waals surface area contributed by atoms with Crippen molar-refractivity contribution in [2.75, 3.05) is 20.6 Å². The van der Waals surface area contributed by atoms with Crippen molar-refractivity contribution in [3.8, 4) is 22.5 Å². The Kier molecular flexibility index (Phi) is 5.08. The molecular formula is C21H20ClN5O2. The molecule has 0 unspecified atom stereocenters. The lowest BCUT2D eigenvalue weighted by Gasteiger charge is -2.07. The molecule has 0 fully saturated rings. The number of halogens is 1. The van der Waals surface area contributed by atoms with E-state index in [9.17, 15) is 9.90 Å². The van der Waals surface area contributed by atoms with Crippen molar-refractivity contribution in [1.82, 2.24) is 24.8 Å². The smallest absolute Gasteiger partial charge is 0.335 e. The van der Waals surface area contributed by atoms with E-state index in [1.807, 2.05) is 32.4 Å². The first-order valence-corrected chi connectivity index (χ1v) is 9.51. The van der Waals surface area contributed by atoms with Crippen LogP contribution in [0.3, 0.4) is 0 Å². The number of likely N-dealkylation sites (N-methyl/N-ethyl adjacent to an activating group) is 1. The fourth-order valence-corrected chi connectivity index (χ4v) is 3.49. The highest BCUT2D eigenvalue weighted by Crippen LogP contribution is 2.37. The zero-order valence-electron chi connectivity index (χ0n) is 16.0. The molecule has 0 aliphatic carbocycles. The van der Waals surface area contributed by atoms with Crippen LogP contribution in [0, 0.1) is 0 Å². The van der Waals surface area contributed by atoms with E-state index in [0.717, 1.165) is 41.1 Å². The number of aromatic carboxylic acids is 1. The van der Waals surface area contributed by atoms with Gasteiger partial charge in [-0.15, -0.1) is 0 Å². The van der Waals surface area contributed by atoms with Crippen molar-refractivity contribution in [1.29, 1.82) is 0 Å². The Labute approximate surface area is 172 Å². The summed E-state index contributed by atoms with van der Waals surface area (Å²) in [5, 5.41) is 10.8. The number of rotatable bonds is 6. The van der Waals surface area contributed by atoms with Crippen LogP contribution >= 0.6 is 11.6 Å². The summed E-state index contributed by atoms with van der Waals surface area (Å²) in [5.41, 5.74) is 3.84. The molecule has 1 aromatic carbocycles. The Bertz CT molecular complexity index is 1190. The van der Waals surface area contributed by atoms with E-state index < -0.39 is 5.97 Å². The molecule has 0 saturated heterocycles. The van der Waals surface area contributed by atoms with Crippen LogP contribution in [0.5, 0.6) is 0 Å². The lowest BCUT2D eigenvalue weighted by molar-refractivity contribution is 0.0697. The van der Waals surface area contributed by atoms with Crippen molar-refractivity contribution in [3.05, 3.63) is 59.1 Å². The van der Waals surface area contributed by atoms with Gasteiger partial charge < -0.3 is 20.0 Å². The van der Waals surface area contributed by atoms with Gasteiger partial charge >= 0.3 is 5.97 Å². The normalized spacial score (nSPS) is 11.4. The Morgan fingerprint density at radius 1 is 1.21 bits per heavy atom. The number of benzene rings is 1. The zero-order chi connectivity index (χ0) is 20.5. The van der Waals surface area contributed by atoms with Crippen LogP contribution < -0.4 is 0 Å². The average molecular weight is 410 g/mol. The largest absolute Gasteiger partial charge is 0.478 e. The number of H-pyrrole nitrogens is 2. The molecule has 4 aromatic rings. The summed E-state index contributed by atoms with van der Waals surface area (Å²) >= 11 is 6.46. The molecule has 0 bridgehead atoms. The van der Waals surface area contributed by atoms with Gasteiger partial charge in [0.1, 0.15) is 11.5 Å². The Hall–Kier alpha value is -3.16. The third-order valence-corrected chi connectivity index (χ3v) is 5.08. The molecule has 7 nitrogen and oxygen atoms in total. The SMILES string of the molecule is CN(C)CCc1nc(-c2cc(C(=O)O)ccc2Cl)c(-c2ccnc3[nH]ccc23)[nH]1. The minimum atomic E-state index is -1.01. The number of aromatic nitrogens is 4. The van der Waals surface area contributed by atoms with Crippen molar-refractivity contribution >= 4 is 28.6 Å². The number of hydrogen-bond donors (Lipinski definition) is 3. The Balaban J connectivity index is 1.92. The highest BCUT2D eigenvalue weighted by Gasteiger charge is 2.20. The molecule has 0 aliphatic rings. The van der Waals surface area contributed by atoms with Crippen LogP contribution in [0.4, 0.5) is 0 Å². The minimum Gasteiger partial charge on any atom is -0.478 e. The van der Waals surface area contributed by atoms with Gasteiger partial charge in [0, 0.05) is 41.9 Å². The van der Waals surface area contributed by atoms with E-state index in [0.29, 0.717) is 16.3 Å². The summed E-state index contributed by atoms with van der Waals surface area (Å²) in [7, 11) is 4.01. The fraction of sp³-hybridized carbons (Fsp3) is 0.190. The third kappa shape index (κ3) is 3.74. The van der Waals surface area contributed by atoms with Crippen LogP contribution in [-0.4, -0.2) is 56.6 Å². The van der Waals surface area contributed by atoms with Gasteiger partial charge in [0.15, 0.2) is 0 Å². The van der Waals surface area contributed by atoms with Crippen LogP contribution in [0.1, 0.15) is 16.2 Å². The topological polar surface area (TPSA) is 97.9 Å². The Morgan fingerprint density at radius 2 is 2.03 bits per heavy atom. The fourth-order valence-electron chi connectivity index (χ4n) is 3.28. The molecule has 0 amide bonds. The summed E-state index contributed by atoms with van der Waals surface area (Å²) < 4.78 is 0. The van der Waals surface area contributed by atoms with Crippen LogP contribution in [0.25, 0.3) is 33.5 Å². The molecular weight excluding hydrogens is 390 g/mol. The average Bonchev–Trinajstić information content (AvgIpc) is 3.33. The van der Waals surface area contributed by atoms with E-state index in [4.69, 9.17) is 16.6 Å². The second kappa shape index (κ2) is 7.69. The van der Waals surface area contributed by atoms with Gasteiger partial charge in [-0.25, -0.2) is 14.8 Å². The predicted octanol–water partition coefficient (Wildman–Crippen LogP) is 4.08. The molecule has 0 saturated carbocycles. The molecule has 0 radical (unpaired) electrons. The number of aromatic amines is 2. The standard InChI is InChI=1S/C21H20ClN5O2/c1-27(2)10-7-17-25-18(13-5-8-23-20-14(13)6-9-24-20)19(26-17)15-11-12(21(28)29)3-4-16(15)22/h3-6,8-9,11H,7,10H2,1-2H3,(H,23,24)(H,25,26)(H,28,29). The van der Waals surface area contributed by atoms with Crippen LogP contribution in [0.2, 0.25) is 5.02 Å². The zero-order valence-corrected chi connectivity index (χ0v) is 16.8. The summed E-state index contributed by atoms with van der Waals surface area (Å²) in [6, 6.07) is 8.52. The summed E-state index contributed by atoms with van der Waals surface area (Å²) in [4.78, 5) is 29.2. The second-order valence-corrected chi connectivity index (χ2v) is 7.47. The van der Waals surface area contributed by atoms with E-state index in [2.05, 4.69) is 19.9 Å². The number of nitrogens with zero attached hydrogens (tertiary/aromatic N) is 3. The number of carbonyl (C=O) groups is 1. The quantitative estimate of drug-likeness (QED) is 0.446. The van der Waals surface area contributed by atoms with Crippen molar-refractivity contribution in [2.24, 2.45) is 0 Å². The van der Waals surface area contributed by atoms with Gasteiger partial charge in [-0.3, -0.25) is 0 Å². The van der Waals surface area contributed by atoms with Crippen molar-refractivity contribution in [3.63, 3.8) is 0 Å². The number of carboxylic acid groups (broad SMARTS) is 1. The lowest BCUT2D eigenvalue weighted by atomic mass is 10.0. The molecule has 3 N–H and O–H groups in total. The molecule has 8 heteroatoms. The number of fused-ring (bicyclic) bond motifs is 1. The molecule has 0 spiro atoms. The highest BCUT2D eigenvalue weighted by atomic mass is 35.5. The van der Waals surface area contributed by atoms with E-state index in [-0.39, 0.29) is 5.56 Å². The van der Waals surface area contributed by atoms with Crippen LogP contribution in [-0.2, 0) is 6.42 Å². The van der Waals surface area contributed by atoms with Gasteiger partial charge in [-0.2, -0.15) is 0 Å². The highest BCUT2D eigenvalue weighted by molar-refractivity contribution is 6.33. The third-order valence-electron chi connectivity index (χ3n) is 4.75. The molecule has 148 valence electrons. The van der Waals surface area contributed by atoms with Gasteiger partial charge in [-0.1, -0.05) is 11.6 Å². The molecule has 3 heterocycles. The maximum absolute atomic E-state index is 11.5. The first kappa shape index (κ1) is 19.2. The number of hydrogen-bond acceptors (Lipinski definition) is 4. The molecule has 29 heavy (non-hydrogen) atoms. The van der Waals surface area contributed by atoms with Crippen LogP contribution in [0.15, 0.2) is 42.7 Å². The van der Waals surface area contributed by atoms with E-state index in [1.165, 1.54) is 6.07 Å². The predicted molar refractivity (Wildman–Crippen MR) is 113 cm³/mol. The van der Waals surface area contributed by atoms with E-state index >= 15 is 0 Å². The number of pyridine rings is 1. The van der Waals surface area contributed by atoms with E-state index in [1.54, 1.807) is 18.3 Å². The molecule has 4 rings (SSSR count). The van der Waals surface area contributed by atoms with Crippen molar-refractivity contribution in [2.45, 2.75) is 6.42 Å². The van der Waals surface area contributed by atoms with Crippen molar-refractivity contribution < 1.29 is 9.90 Å². The summed E-state index contributed by atoms with van der Waals surface area (Å²) in [6.07, 6.45) is 4.29. The minimum absolute atomic E-state index is 0.162. The summed E-state index contributed by atoms with van der Waals surface area (Å²) in [6.45, 7) is 0.825. The number of imidazole rings is 1. The number of nitrogens with one attached hydrogen (secondary N) is 2. The number of carboxylic acids is 1. The monoisotopic (exact) mass is 409 g/mol.